The quantitative estimate of drug-likeness (QED) is 0.606. The second-order valence-corrected chi connectivity index (χ2v) is 5.09. The summed E-state index contributed by atoms with van der Waals surface area (Å²) in [6.07, 6.45) is 7.91. The summed E-state index contributed by atoms with van der Waals surface area (Å²) in [7, 11) is 2.57. The van der Waals surface area contributed by atoms with Gasteiger partial charge in [0.2, 0.25) is 0 Å². The zero-order valence-electron chi connectivity index (χ0n) is 17.3. The highest BCUT2D eigenvalue weighted by Crippen LogP contribution is 2.30. The minimum absolute atomic E-state index is 0.153. The molecule has 0 atom stereocenters. The van der Waals surface area contributed by atoms with Crippen LogP contribution in [-0.4, -0.2) is 24.4 Å². The number of ether oxygens (including phenoxy) is 1. The third-order valence-electron chi connectivity index (χ3n) is 3.43. The summed E-state index contributed by atoms with van der Waals surface area (Å²) in [5.41, 5.74) is 4.48. The molecule has 0 fully saturated rings. The Labute approximate surface area is 159 Å². The second-order valence-electron chi connectivity index (χ2n) is 5.09. The highest BCUT2D eigenvalue weighted by molar-refractivity contribution is 5.78. The zero-order valence-corrected chi connectivity index (χ0v) is 17.3. The van der Waals surface area contributed by atoms with Gasteiger partial charge in [-0.05, 0) is 55.2 Å². The number of allylic oxidation sites excluding steroid dienone is 8. The number of aromatic hydroxyl groups is 1. The Morgan fingerprint density at radius 1 is 1.08 bits per heavy atom. The predicted molar refractivity (Wildman–Crippen MR) is 115 cm³/mol. The molecule has 0 spiro atoms. The average molecular weight is 359 g/mol. The van der Waals surface area contributed by atoms with Crippen LogP contribution in [0.25, 0.3) is 5.57 Å². The third-order valence-corrected chi connectivity index (χ3v) is 3.43. The molecule has 0 bridgehead atoms. The van der Waals surface area contributed by atoms with E-state index in [-0.39, 0.29) is 5.75 Å². The summed E-state index contributed by atoms with van der Waals surface area (Å²) < 4.78 is 5.08. The first-order chi connectivity index (χ1) is 12.4. The van der Waals surface area contributed by atoms with Crippen LogP contribution in [0.2, 0.25) is 0 Å². The standard InChI is InChI=1S/C20H24O2.C2H6.CH4O/c1-7-8-9-14(2)17(5)15(3)12-16(4)19-11-10-18(22-6)13-20(19)21;2*1-2/h7-13,21H,4-5H2,1-3,6H3;1-2H3;2H,1H3/b8-7-,14-9-,15-12+;;. The van der Waals surface area contributed by atoms with E-state index in [0.717, 1.165) is 29.4 Å². The van der Waals surface area contributed by atoms with E-state index in [4.69, 9.17) is 9.84 Å². The summed E-state index contributed by atoms with van der Waals surface area (Å²) in [5, 5.41) is 17.1. The molecule has 0 aliphatic rings. The lowest BCUT2D eigenvalue weighted by molar-refractivity contribution is 0.399. The Kier molecular flexibility index (Phi) is 14.6. The number of phenols is 1. The fraction of sp³-hybridized carbons (Fsp3) is 0.304. The molecule has 1 rings (SSSR count). The minimum Gasteiger partial charge on any atom is -0.507 e. The fourth-order valence-electron chi connectivity index (χ4n) is 1.99. The van der Waals surface area contributed by atoms with Crippen molar-refractivity contribution in [1.29, 1.82) is 0 Å². The number of hydrogen-bond acceptors (Lipinski definition) is 3. The monoisotopic (exact) mass is 358 g/mol. The van der Waals surface area contributed by atoms with Crippen molar-refractivity contribution in [3.05, 3.63) is 77.9 Å². The number of phenolic OH excluding ortho intramolecular Hbond substituents is 1. The molecule has 0 aliphatic heterocycles. The smallest absolute Gasteiger partial charge is 0.127 e. The first-order valence-electron chi connectivity index (χ1n) is 8.59. The molecule has 2 N–H and O–H groups in total. The van der Waals surface area contributed by atoms with Crippen LogP contribution >= 0.6 is 0 Å². The van der Waals surface area contributed by atoms with E-state index in [9.17, 15) is 5.11 Å². The Bertz CT molecular complexity index is 662. The maximum Gasteiger partial charge on any atom is 0.127 e. The van der Waals surface area contributed by atoms with Crippen LogP contribution in [0.5, 0.6) is 11.5 Å². The molecule has 1 aromatic carbocycles. The van der Waals surface area contributed by atoms with Crippen LogP contribution < -0.4 is 4.74 Å². The van der Waals surface area contributed by atoms with E-state index in [1.165, 1.54) is 0 Å². The average Bonchev–Trinajstić information content (AvgIpc) is 2.68. The van der Waals surface area contributed by atoms with Crippen molar-refractivity contribution in [2.75, 3.05) is 14.2 Å². The van der Waals surface area contributed by atoms with Crippen LogP contribution in [0.3, 0.4) is 0 Å². The van der Waals surface area contributed by atoms with Gasteiger partial charge in [-0.15, -0.1) is 0 Å². The zero-order chi connectivity index (χ0) is 20.7. The second kappa shape index (κ2) is 14.8. The number of aliphatic hydroxyl groups is 1. The van der Waals surface area contributed by atoms with Gasteiger partial charge in [0.05, 0.1) is 7.11 Å². The van der Waals surface area contributed by atoms with Crippen LogP contribution in [0.4, 0.5) is 0 Å². The number of benzene rings is 1. The van der Waals surface area contributed by atoms with Gasteiger partial charge in [-0.3, -0.25) is 0 Å². The van der Waals surface area contributed by atoms with Crippen LogP contribution in [0.15, 0.2) is 72.4 Å². The number of aliphatic hydroxyl groups excluding tert-OH is 1. The summed E-state index contributed by atoms with van der Waals surface area (Å²) in [6.45, 7) is 18.1. The third kappa shape index (κ3) is 8.54. The molecule has 26 heavy (non-hydrogen) atoms. The molecule has 144 valence electrons. The summed E-state index contributed by atoms with van der Waals surface area (Å²) in [4.78, 5) is 0. The van der Waals surface area contributed by atoms with Crippen molar-refractivity contribution < 1.29 is 14.9 Å². The van der Waals surface area contributed by atoms with Crippen molar-refractivity contribution in [2.45, 2.75) is 34.6 Å². The Hall–Kier alpha value is -2.52. The first kappa shape index (κ1) is 25.7. The summed E-state index contributed by atoms with van der Waals surface area (Å²) >= 11 is 0. The van der Waals surface area contributed by atoms with E-state index < -0.39 is 0 Å². The number of methoxy groups -OCH3 is 1. The molecule has 0 aliphatic carbocycles. The molecule has 0 amide bonds. The molecule has 0 saturated heterocycles. The van der Waals surface area contributed by atoms with Crippen LogP contribution in [0.1, 0.15) is 40.2 Å². The van der Waals surface area contributed by atoms with Gasteiger partial charge in [0.1, 0.15) is 11.5 Å². The Balaban J connectivity index is 0. The lowest BCUT2D eigenvalue weighted by Gasteiger charge is -2.10. The van der Waals surface area contributed by atoms with Crippen molar-refractivity contribution in [1.82, 2.24) is 0 Å². The normalized spacial score (nSPS) is 11.1. The lowest BCUT2D eigenvalue weighted by atomic mass is 9.97. The highest BCUT2D eigenvalue weighted by atomic mass is 16.5. The topological polar surface area (TPSA) is 49.7 Å². The Morgan fingerprint density at radius 3 is 2.12 bits per heavy atom. The molecular formula is C23H34O3. The van der Waals surface area contributed by atoms with Crippen LogP contribution in [-0.2, 0) is 0 Å². The largest absolute Gasteiger partial charge is 0.507 e. The molecule has 0 saturated carbocycles. The van der Waals surface area contributed by atoms with Gasteiger partial charge in [0.15, 0.2) is 0 Å². The molecule has 0 aromatic heterocycles. The van der Waals surface area contributed by atoms with E-state index in [1.807, 2.05) is 58.9 Å². The summed E-state index contributed by atoms with van der Waals surface area (Å²) in [5.74, 6) is 0.768. The Morgan fingerprint density at radius 2 is 1.65 bits per heavy atom. The molecule has 0 heterocycles. The van der Waals surface area contributed by atoms with E-state index in [2.05, 4.69) is 13.2 Å². The van der Waals surface area contributed by atoms with Gasteiger partial charge in [-0.2, -0.15) is 0 Å². The molecule has 0 unspecified atom stereocenters. The maximum absolute atomic E-state index is 10.1. The van der Waals surface area contributed by atoms with E-state index in [0.29, 0.717) is 11.3 Å². The van der Waals surface area contributed by atoms with E-state index >= 15 is 0 Å². The summed E-state index contributed by atoms with van der Waals surface area (Å²) in [6, 6.07) is 5.18. The van der Waals surface area contributed by atoms with Gasteiger partial charge < -0.3 is 14.9 Å². The molecule has 3 nitrogen and oxygen atoms in total. The highest BCUT2D eigenvalue weighted by Gasteiger charge is 2.07. The van der Waals surface area contributed by atoms with E-state index in [1.54, 1.807) is 25.3 Å². The minimum atomic E-state index is 0.153. The van der Waals surface area contributed by atoms with Gasteiger partial charge in [-0.25, -0.2) is 0 Å². The number of hydrogen-bond donors (Lipinski definition) is 2. The maximum atomic E-state index is 10.1. The van der Waals surface area contributed by atoms with Crippen molar-refractivity contribution in [3.8, 4) is 11.5 Å². The lowest BCUT2D eigenvalue weighted by Crippen LogP contribution is -1.89. The van der Waals surface area contributed by atoms with Gasteiger partial charge in [0, 0.05) is 18.7 Å². The fourth-order valence-corrected chi connectivity index (χ4v) is 1.99. The molecule has 3 heteroatoms. The SMILES string of the molecule is C=C(/C(C)=C\C=C/C)/C(C)=C/C(=C)c1ccc(OC)cc1O.CC.CO. The van der Waals surface area contributed by atoms with Gasteiger partial charge >= 0.3 is 0 Å². The predicted octanol–water partition coefficient (Wildman–Crippen LogP) is 6.07. The van der Waals surface area contributed by atoms with Gasteiger partial charge in [-0.1, -0.05) is 51.3 Å². The van der Waals surface area contributed by atoms with Crippen molar-refractivity contribution in [3.63, 3.8) is 0 Å². The molecule has 0 radical (unpaired) electrons. The molecule has 1 aromatic rings. The van der Waals surface area contributed by atoms with Gasteiger partial charge in [0.25, 0.3) is 0 Å². The van der Waals surface area contributed by atoms with Crippen molar-refractivity contribution >= 4 is 5.57 Å². The first-order valence-corrected chi connectivity index (χ1v) is 8.59. The van der Waals surface area contributed by atoms with Crippen LogP contribution in [0, 0.1) is 0 Å². The molecular weight excluding hydrogens is 324 g/mol. The number of rotatable bonds is 6. The van der Waals surface area contributed by atoms with Crippen molar-refractivity contribution in [2.24, 2.45) is 0 Å².